The van der Waals surface area contributed by atoms with Gasteiger partial charge in [-0.15, -0.1) is 0 Å². The molecule has 476 valence electrons. The van der Waals surface area contributed by atoms with Crippen LogP contribution in [0.2, 0.25) is 0 Å². The first kappa shape index (κ1) is 79.1. The minimum Gasteiger partial charge on any atom is -0.462 e. The van der Waals surface area contributed by atoms with E-state index in [2.05, 4.69) is 130 Å². The van der Waals surface area contributed by atoms with Gasteiger partial charge in [0.15, 0.2) is 6.10 Å². The molecule has 0 bridgehead atoms. The van der Waals surface area contributed by atoms with Crippen molar-refractivity contribution in [2.24, 2.45) is 0 Å². The third-order valence-electron chi connectivity index (χ3n) is 15.3. The third kappa shape index (κ3) is 68.7. The van der Waals surface area contributed by atoms with Crippen LogP contribution in [-0.2, 0) is 28.6 Å². The molecule has 0 N–H and O–H groups in total. The standard InChI is InChI=1S/C77H132O6/c1-4-7-10-13-16-19-22-24-26-28-30-32-34-35-36-37-38-39-40-41-43-44-46-48-50-52-55-58-61-64-67-70-76(79)82-73-74(72-81-75(78)69-66-63-60-57-54-21-18-15-12-9-6-3)83-77(80)71-68-65-62-59-56-53-51-49-47-45-42-33-31-29-27-25-23-20-17-14-11-8-5-2/h7-8,10-11,16-17,19-20,24-27,30-33,45,47,74H,4-6,9,12-15,18,21-23,28-29,34-44,46,48-73H2,1-3H3/b10-7-,11-8-,19-16-,20-17-,26-24-,27-25-,32-30-,33-31-,47-45-. The van der Waals surface area contributed by atoms with Gasteiger partial charge in [-0.05, 0) is 103 Å². The van der Waals surface area contributed by atoms with E-state index in [-0.39, 0.29) is 31.1 Å². The number of rotatable bonds is 64. The summed E-state index contributed by atoms with van der Waals surface area (Å²) < 4.78 is 17.0. The molecule has 6 heteroatoms. The highest BCUT2D eigenvalue weighted by Crippen LogP contribution is 2.17. The molecule has 0 fully saturated rings. The average Bonchev–Trinajstić information content (AvgIpc) is 3.48. The first-order valence-corrected chi connectivity index (χ1v) is 35.4. The van der Waals surface area contributed by atoms with Gasteiger partial charge in [-0.25, -0.2) is 0 Å². The van der Waals surface area contributed by atoms with Gasteiger partial charge in [0.1, 0.15) is 13.2 Å². The predicted octanol–water partition coefficient (Wildman–Crippen LogP) is 24.6. The fraction of sp³-hybridized carbons (Fsp3) is 0.727. The molecule has 0 rings (SSSR count). The number of allylic oxidation sites excluding steroid dienone is 18. The summed E-state index contributed by atoms with van der Waals surface area (Å²) >= 11 is 0. The zero-order chi connectivity index (χ0) is 59.9. The Morgan fingerprint density at radius 2 is 0.470 bits per heavy atom. The first-order valence-electron chi connectivity index (χ1n) is 35.4. The summed E-state index contributed by atoms with van der Waals surface area (Å²) in [5.41, 5.74) is 0. The lowest BCUT2D eigenvalue weighted by molar-refractivity contribution is -0.167. The molecule has 0 spiro atoms. The van der Waals surface area contributed by atoms with E-state index in [1.54, 1.807) is 0 Å². The molecule has 0 aliphatic carbocycles. The van der Waals surface area contributed by atoms with Gasteiger partial charge in [0, 0.05) is 19.3 Å². The van der Waals surface area contributed by atoms with Crippen LogP contribution in [0.1, 0.15) is 342 Å². The Labute approximate surface area is 514 Å². The Balaban J connectivity index is 4.20. The molecular weight excluding hydrogens is 1020 g/mol. The average molecular weight is 1150 g/mol. The lowest BCUT2D eigenvalue weighted by atomic mass is 10.0. The summed E-state index contributed by atoms with van der Waals surface area (Å²) in [7, 11) is 0. The summed E-state index contributed by atoms with van der Waals surface area (Å²) in [5.74, 6) is -0.875. The van der Waals surface area contributed by atoms with Crippen LogP contribution < -0.4 is 0 Å². The maximum absolute atomic E-state index is 12.9. The van der Waals surface area contributed by atoms with Crippen molar-refractivity contribution < 1.29 is 28.6 Å². The molecule has 0 aromatic heterocycles. The summed E-state index contributed by atoms with van der Waals surface area (Å²) in [6.07, 6.45) is 96.9. The van der Waals surface area contributed by atoms with Gasteiger partial charge < -0.3 is 14.2 Å². The normalized spacial score (nSPS) is 12.8. The maximum atomic E-state index is 12.9. The van der Waals surface area contributed by atoms with Crippen molar-refractivity contribution in [2.75, 3.05) is 13.2 Å². The van der Waals surface area contributed by atoms with Crippen molar-refractivity contribution in [3.8, 4) is 0 Å². The topological polar surface area (TPSA) is 78.9 Å². The van der Waals surface area contributed by atoms with Crippen LogP contribution in [0.5, 0.6) is 0 Å². The number of carbonyl (C=O) groups is 3. The lowest BCUT2D eigenvalue weighted by Crippen LogP contribution is -2.30. The van der Waals surface area contributed by atoms with Crippen LogP contribution in [0.15, 0.2) is 109 Å². The number of unbranched alkanes of at least 4 members (excludes halogenated alkanes) is 35. The number of hydrogen-bond acceptors (Lipinski definition) is 6. The lowest BCUT2D eigenvalue weighted by Gasteiger charge is -2.18. The maximum Gasteiger partial charge on any atom is 0.306 e. The molecule has 0 amide bonds. The van der Waals surface area contributed by atoms with Gasteiger partial charge in [-0.3, -0.25) is 14.4 Å². The SMILES string of the molecule is CC/C=C\C/C=C\C/C=C\C/C=C\C/C=C\CCCCCCCCCC(=O)OC(COC(=O)CCCCCCCCCCCCC)COC(=O)CCCCCCCCCCCCCCCCCCCC/C=C\C/C=C\C/C=C\C/C=C\CC. The number of hydrogen-bond donors (Lipinski definition) is 0. The van der Waals surface area contributed by atoms with Gasteiger partial charge in [0.05, 0.1) is 0 Å². The molecule has 1 atom stereocenters. The molecule has 0 radical (unpaired) electrons. The van der Waals surface area contributed by atoms with E-state index in [0.29, 0.717) is 19.3 Å². The van der Waals surface area contributed by atoms with Crippen LogP contribution in [0.4, 0.5) is 0 Å². The van der Waals surface area contributed by atoms with Crippen molar-refractivity contribution in [3.05, 3.63) is 109 Å². The predicted molar refractivity (Wildman–Crippen MR) is 362 cm³/mol. The molecule has 0 aliphatic heterocycles. The first-order chi connectivity index (χ1) is 41.0. The molecule has 6 nitrogen and oxygen atoms in total. The molecule has 0 aliphatic rings. The van der Waals surface area contributed by atoms with Crippen LogP contribution >= 0.6 is 0 Å². The van der Waals surface area contributed by atoms with E-state index in [1.165, 1.54) is 180 Å². The second-order valence-electron chi connectivity index (χ2n) is 23.4. The summed E-state index contributed by atoms with van der Waals surface area (Å²) in [6, 6.07) is 0. The largest absolute Gasteiger partial charge is 0.462 e. The highest BCUT2D eigenvalue weighted by atomic mass is 16.6. The zero-order valence-corrected chi connectivity index (χ0v) is 54.7. The van der Waals surface area contributed by atoms with Crippen molar-refractivity contribution in [1.82, 2.24) is 0 Å². The second-order valence-corrected chi connectivity index (χ2v) is 23.4. The second kappa shape index (κ2) is 70.6. The highest BCUT2D eigenvalue weighted by molar-refractivity contribution is 5.71. The van der Waals surface area contributed by atoms with Crippen molar-refractivity contribution >= 4 is 17.9 Å². The smallest absolute Gasteiger partial charge is 0.306 e. The Hall–Kier alpha value is -3.93. The van der Waals surface area contributed by atoms with Crippen LogP contribution in [0.25, 0.3) is 0 Å². The molecule has 83 heavy (non-hydrogen) atoms. The van der Waals surface area contributed by atoms with E-state index < -0.39 is 6.10 Å². The van der Waals surface area contributed by atoms with E-state index in [0.717, 1.165) is 122 Å². The van der Waals surface area contributed by atoms with Crippen molar-refractivity contribution in [3.63, 3.8) is 0 Å². The van der Waals surface area contributed by atoms with Gasteiger partial charge in [-0.2, -0.15) is 0 Å². The molecule has 0 aromatic carbocycles. The van der Waals surface area contributed by atoms with Crippen LogP contribution in [0, 0.1) is 0 Å². The quantitative estimate of drug-likeness (QED) is 0.0261. The Morgan fingerprint density at radius 1 is 0.253 bits per heavy atom. The minimum atomic E-state index is -0.783. The molecule has 1 unspecified atom stereocenters. The summed E-state index contributed by atoms with van der Waals surface area (Å²) in [5, 5.41) is 0. The van der Waals surface area contributed by atoms with Gasteiger partial charge in [0.2, 0.25) is 0 Å². The Morgan fingerprint density at radius 3 is 0.735 bits per heavy atom. The van der Waals surface area contributed by atoms with E-state index in [1.807, 2.05) is 0 Å². The monoisotopic (exact) mass is 1150 g/mol. The van der Waals surface area contributed by atoms with Gasteiger partial charge in [0.25, 0.3) is 0 Å². The molecule has 0 saturated carbocycles. The van der Waals surface area contributed by atoms with Gasteiger partial charge in [-0.1, -0.05) is 329 Å². The number of ether oxygens (including phenoxy) is 3. The number of carbonyl (C=O) groups excluding carboxylic acids is 3. The fourth-order valence-electron chi connectivity index (χ4n) is 10.1. The third-order valence-corrected chi connectivity index (χ3v) is 15.3. The van der Waals surface area contributed by atoms with E-state index >= 15 is 0 Å². The van der Waals surface area contributed by atoms with Crippen LogP contribution in [-0.4, -0.2) is 37.2 Å². The molecule has 0 saturated heterocycles. The van der Waals surface area contributed by atoms with Crippen molar-refractivity contribution in [1.29, 1.82) is 0 Å². The van der Waals surface area contributed by atoms with Crippen LogP contribution in [0.3, 0.4) is 0 Å². The Kier molecular flexibility index (Phi) is 67.2. The summed E-state index contributed by atoms with van der Waals surface area (Å²) in [6.45, 7) is 6.43. The molecular formula is C77H132O6. The number of esters is 3. The molecule has 0 heterocycles. The Bertz CT molecular complexity index is 1660. The molecule has 0 aromatic rings. The zero-order valence-electron chi connectivity index (χ0n) is 54.7. The summed E-state index contributed by atoms with van der Waals surface area (Å²) in [4.78, 5) is 38.4. The van der Waals surface area contributed by atoms with E-state index in [4.69, 9.17) is 14.2 Å². The fourth-order valence-corrected chi connectivity index (χ4v) is 10.1. The minimum absolute atomic E-state index is 0.0786. The van der Waals surface area contributed by atoms with Gasteiger partial charge >= 0.3 is 17.9 Å². The highest BCUT2D eigenvalue weighted by Gasteiger charge is 2.19. The van der Waals surface area contributed by atoms with E-state index in [9.17, 15) is 14.4 Å². The van der Waals surface area contributed by atoms with Crippen molar-refractivity contribution in [2.45, 2.75) is 348 Å².